The quantitative estimate of drug-likeness (QED) is 0.582. The van der Waals surface area contributed by atoms with Crippen LogP contribution in [0.5, 0.6) is 0 Å². The van der Waals surface area contributed by atoms with E-state index in [-0.39, 0.29) is 35.7 Å². The minimum atomic E-state index is -0.175. The van der Waals surface area contributed by atoms with E-state index in [0.29, 0.717) is 22.6 Å². The van der Waals surface area contributed by atoms with Crippen molar-refractivity contribution < 1.29 is 9.59 Å². The van der Waals surface area contributed by atoms with Crippen molar-refractivity contribution in [3.05, 3.63) is 34.6 Å². The number of carbonyl (C=O) groups is 2. The molecule has 0 aliphatic heterocycles. The third kappa shape index (κ3) is 4.24. The summed E-state index contributed by atoms with van der Waals surface area (Å²) in [6, 6.07) is 7.46. The van der Waals surface area contributed by atoms with Crippen LogP contribution in [0, 0.1) is 0 Å². The number of thioether (sulfide) groups is 1. The van der Waals surface area contributed by atoms with Crippen LogP contribution in [-0.4, -0.2) is 51.7 Å². The Bertz CT molecular complexity index is 892. The summed E-state index contributed by atoms with van der Waals surface area (Å²) in [4.78, 5) is 42.6. The van der Waals surface area contributed by atoms with Crippen molar-refractivity contribution in [1.82, 2.24) is 19.8 Å². The fourth-order valence-corrected chi connectivity index (χ4v) is 3.58. The molecule has 8 heteroatoms. The largest absolute Gasteiger partial charge is 0.352 e. The molecule has 138 valence electrons. The maximum absolute atomic E-state index is 12.6. The predicted octanol–water partition coefficient (Wildman–Crippen LogP) is 1.25. The molecule has 3 rings (SSSR count). The molecule has 1 aliphatic carbocycles. The Morgan fingerprint density at radius 2 is 2.08 bits per heavy atom. The fourth-order valence-electron chi connectivity index (χ4n) is 2.58. The van der Waals surface area contributed by atoms with E-state index in [4.69, 9.17) is 0 Å². The summed E-state index contributed by atoms with van der Waals surface area (Å²) < 4.78 is 1.57. The first-order valence-electron chi connectivity index (χ1n) is 8.65. The molecular formula is C18H22N4O3S. The first-order chi connectivity index (χ1) is 12.5. The molecule has 0 unspecified atom stereocenters. The molecule has 2 amide bonds. The molecule has 1 fully saturated rings. The molecule has 1 aromatic heterocycles. The second-order valence-corrected chi connectivity index (χ2v) is 7.28. The van der Waals surface area contributed by atoms with E-state index in [2.05, 4.69) is 10.3 Å². The van der Waals surface area contributed by atoms with E-state index in [1.54, 1.807) is 23.7 Å². The normalized spacial score (nSPS) is 13.6. The Kier molecular flexibility index (Phi) is 5.61. The molecule has 2 aromatic rings. The van der Waals surface area contributed by atoms with Crippen LogP contribution in [0.15, 0.2) is 34.2 Å². The average molecular weight is 374 g/mol. The zero-order valence-electron chi connectivity index (χ0n) is 14.9. The van der Waals surface area contributed by atoms with Gasteiger partial charge in [-0.25, -0.2) is 4.98 Å². The zero-order valence-corrected chi connectivity index (χ0v) is 15.7. The van der Waals surface area contributed by atoms with Crippen LogP contribution in [0.25, 0.3) is 10.9 Å². The standard InChI is InChI=1S/C18H22N4O3S/c1-3-22-17(25)13-6-4-5-7-14(13)20-18(22)26-11-16(24)21(2)10-15(23)19-12-8-9-12/h4-7,12H,3,8-11H2,1-2H3,(H,19,23). The molecule has 1 aromatic carbocycles. The molecule has 1 N–H and O–H groups in total. The summed E-state index contributed by atoms with van der Waals surface area (Å²) >= 11 is 1.22. The van der Waals surface area contributed by atoms with Gasteiger partial charge in [0.1, 0.15) is 0 Å². The number of nitrogens with one attached hydrogen (secondary N) is 1. The van der Waals surface area contributed by atoms with E-state index in [9.17, 15) is 14.4 Å². The molecule has 1 saturated carbocycles. The predicted molar refractivity (Wildman–Crippen MR) is 101 cm³/mol. The summed E-state index contributed by atoms with van der Waals surface area (Å²) in [5.74, 6) is -0.188. The molecule has 7 nitrogen and oxygen atoms in total. The van der Waals surface area contributed by atoms with Crippen molar-refractivity contribution in [2.45, 2.75) is 37.5 Å². The number of fused-ring (bicyclic) bond motifs is 1. The molecule has 0 atom stereocenters. The van der Waals surface area contributed by atoms with E-state index >= 15 is 0 Å². The van der Waals surface area contributed by atoms with Crippen molar-refractivity contribution in [1.29, 1.82) is 0 Å². The average Bonchev–Trinajstić information content (AvgIpc) is 3.43. The van der Waals surface area contributed by atoms with Gasteiger partial charge in [-0.1, -0.05) is 23.9 Å². The topological polar surface area (TPSA) is 84.3 Å². The van der Waals surface area contributed by atoms with Gasteiger partial charge in [0, 0.05) is 19.6 Å². The summed E-state index contributed by atoms with van der Waals surface area (Å²) in [7, 11) is 1.61. The first-order valence-corrected chi connectivity index (χ1v) is 9.64. The lowest BCUT2D eigenvalue weighted by Gasteiger charge is -2.17. The summed E-state index contributed by atoms with van der Waals surface area (Å²) in [6.45, 7) is 2.40. The highest BCUT2D eigenvalue weighted by Gasteiger charge is 2.24. The highest BCUT2D eigenvalue weighted by atomic mass is 32.2. The fraction of sp³-hybridized carbons (Fsp3) is 0.444. The Hall–Kier alpha value is -2.35. The molecule has 0 saturated heterocycles. The number of para-hydroxylation sites is 1. The molecule has 0 radical (unpaired) electrons. The summed E-state index contributed by atoms with van der Waals surface area (Å²) in [5, 5.41) is 3.94. The number of carbonyl (C=O) groups excluding carboxylic acids is 2. The molecule has 1 heterocycles. The van der Waals surface area contributed by atoms with Crippen LogP contribution in [0.3, 0.4) is 0 Å². The SMILES string of the molecule is CCn1c(SCC(=O)N(C)CC(=O)NC2CC2)nc2ccccc2c1=O. The molecule has 26 heavy (non-hydrogen) atoms. The highest BCUT2D eigenvalue weighted by Crippen LogP contribution is 2.19. The van der Waals surface area contributed by atoms with Gasteiger partial charge < -0.3 is 10.2 Å². The number of rotatable bonds is 7. The van der Waals surface area contributed by atoms with Gasteiger partial charge in [0.05, 0.1) is 23.2 Å². The number of benzene rings is 1. The molecule has 1 aliphatic rings. The van der Waals surface area contributed by atoms with Gasteiger partial charge in [-0.05, 0) is 31.9 Å². The highest BCUT2D eigenvalue weighted by molar-refractivity contribution is 7.99. The lowest BCUT2D eigenvalue weighted by Crippen LogP contribution is -2.39. The van der Waals surface area contributed by atoms with Crippen molar-refractivity contribution >= 4 is 34.5 Å². The van der Waals surface area contributed by atoms with Crippen molar-refractivity contribution in [2.24, 2.45) is 0 Å². The third-order valence-corrected chi connectivity index (χ3v) is 5.18. The Morgan fingerprint density at radius 3 is 2.77 bits per heavy atom. The lowest BCUT2D eigenvalue weighted by molar-refractivity contribution is -0.132. The van der Waals surface area contributed by atoms with Gasteiger partial charge in [0.15, 0.2) is 5.16 Å². The summed E-state index contributed by atoms with van der Waals surface area (Å²) in [5.41, 5.74) is 0.513. The van der Waals surface area contributed by atoms with Gasteiger partial charge in [-0.3, -0.25) is 19.0 Å². The minimum absolute atomic E-state index is 0.0433. The zero-order chi connectivity index (χ0) is 18.7. The molecule has 0 spiro atoms. The van der Waals surface area contributed by atoms with E-state index < -0.39 is 0 Å². The molecular weight excluding hydrogens is 352 g/mol. The van der Waals surface area contributed by atoms with Gasteiger partial charge in [-0.2, -0.15) is 0 Å². The van der Waals surface area contributed by atoms with Gasteiger partial charge in [0.25, 0.3) is 5.56 Å². The van der Waals surface area contributed by atoms with Crippen LogP contribution in [-0.2, 0) is 16.1 Å². The van der Waals surface area contributed by atoms with Crippen molar-refractivity contribution in [2.75, 3.05) is 19.3 Å². The maximum atomic E-state index is 12.6. The van der Waals surface area contributed by atoms with Crippen molar-refractivity contribution in [3.63, 3.8) is 0 Å². The van der Waals surface area contributed by atoms with Crippen LogP contribution >= 0.6 is 11.8 Å². The van der Waals surface area contributed by atoms with Gasteiger partial charge in [0.2, 0.25) is 11.8 Å². The Morgan fingerprint density at radius 1 is 1.35 bits per heavy atom. The number of amides is 2. The Balaban J connectivity index is 1.67. The third-order valence-electron chi connectivity index (χ3n) is 4.22. The second-order valence-electron chi connectivity index (χ2n) is 6.34. The number of nitrogens with zero attached hydrogens (tertiary/aromatic N) is 3. The van der Waals surface area contributed by atoms with Crippen molar-refractivity contribution in [3.8, 4) is 0 Å². The smallest absolute Gasteiger partial charge is 0.262 e. The minimum Gasteiger partial charge on any atom is -0.352 e. The number of hydrogen-bond donors (Lipinski definition) is 1. The number of hydrogen-bond acceptors (Lipinski definition) is 5. The van der Waals surface area contributed by atoms with Crippen LogP contribution in [0.1, 0.15) is 19.8 Å². The number of aromatic nitrogens is 2. The lowest BCUT2D eigenvalue weighted by atomic mass is 10.2. The number of likely N-dealkylation sites (N-methyl/N-ethyl adjacent to an activating group) is 1. The van der Waals surface area contributed by atoms with Crippen LogP contribution in [0.2, 0.25) is 0 Å². The van der Waals surface area contributed by atoms with Gasteiger partial charge in [-0.15, -0.1) is 0 Å². The van der Waals surface area contributed by atoms with Gasteiger partial charge >= 0.3 is 0 Å². The Labute approximate surface area is 155 Å². The van der Waals surface area contributed by atoms with E-state index in [0.717, 1.165) is 12.8 Å². The second kappa shape index (κ2) is 7.90. The summed E-state index contributed by atoms with van der Waals surface area (Å²) in [6.07, 6.45) is 2.03. The monoisotopic (exact) mass is 374 g/mol. The van der Waals surface area contributed by atoms with Crippen LogP contribution in [0.4, 0.5) is 0 Å². The van der Waals surface area contributed by atoms with E-state index in [1.807, 2.05) is 19.1 Å². The van der Waals surface area contributed by atoms with Crippen LogP contribution < -0.4 is 10.9 Å². The molecule has 0 bridgehead atoms. The first kappa shape index (κ1) is 18.4. The maximum Gasteiger partial charge on any atom is 0.262 e. The van der Waals surface area contributed by atoms with E-state index in [1.165, 1.54) is 16.7 Å².